The minimum Gasteiger partial charge on any atom is -0.494 e. The van der Waals surface area contributed by atoms with Gasteiger partial charge < -0.3 is 10.1 Å². The van der Waals surface area contributed by atoms with Crippen molar-refractivity contribution in [3.05, 3.63) is 24.3 Å². The highest BCUT2D eigenvalue weighted by atomic mass is 32.1. The average molecular weight is 213 g/mol. The highest BCUT2D eigenvalue weighted by Crippen LogP contribution is 2.15. The molecule has 0 aromatic heterocycles. The summed E-state index contributed by atoms with van der Waals surface area (Å²) in [6, 6.07) is 7.57. The molecule has 0 fully saturated rings. The Bertz CT molecular complexity index is 284. The van der Waals surface area contributed by atoms with Gasteiger partial charge in [0.05, 0.1) is 6.61 Å². The Labute approximate surface area is 88.7 Å². The summed E-state index contributed by atoms with van der Waals surface area (Å²) in [6.07, 6.45) is 0. The topological polar surface area (TPSA) is 21.3 Å². The molecule has 0 bridgehead atoms. The Hall–Kier alpha value is -0.740. The maximum Gasteiger partial charge on any atom is 0.135 e. The fourth-order valence-corrected chi connectivity index (χ4v) is 1.17. The highest BCUT2D eigenvalue weighted by molar-refractivity contribution is 8.11. The molecule has 0 aliphatic heterocycles. The van der Waals surface area contributed by atoms with Gasteiger partial charge in [0, 0.05) is 5.69 Å². The van der Waals surface area contributed by atoms with E-state index >= 15 is 0 Å². The van der Waals surface area contributed by atoms with Gasteiger partial charge >= 0.3 is 0 Å². The molecule has 4 heteroatoms. The van der Waals surface area contributed by atoms with E-state index in [-0.39, 0.29) is 0 Å². The summed E-state index contributed by atoms with van der Waals surface area (Å²) in [7, 11) is 0. The standard InChI is InChI=1S/C9H11NOS2/c1-2-11-8-5-3-7(4-6-8)10-9(12)13/h3-6H,2H2,1H3,(H2,10,12,13). The lowest BCUT2D eigenvalue weighted by molar-refractivity contribution is 0.340. The van der Waals surface area contributed by atoms with Crippen LogP contribution in [0.5, 0.6) is 5.75 Å². The number of benzene rings is 1. The van der Waals surface area contributed by atoms with Gasteiger partial charge in [-0.1, -0.05) is 12.2 Å². The first kappa shape index (κ1) is 10.3. The molecule has 0 saturated heterocycles. The van der Waals surface area contributed by atoms with Crippen molar-refractivity contribution in [1.82, 2.24) is 0 Å². The maximum atomic E-state index is 5.29. The largest absolute Gasteiger partial charge is 0.494 e. The summed E-state index contributed by atoms with van der Waals surface area (Å²) >= 11 is 8.75. The van der Waals surface area contributed by atoms with Crippen LogP contribution in [0.2, 0.25) is 0 Å². The van der Waals surface area contributed by atoms with E-state index in [9.17, 15) is 0 Å². The zero-order valence-corrected chi connectivity index (χ0v) is 8.99. The SMILES string of the molecule is CCOc1ccc(NC(=S)S)cc1. The van der Waals surface area contributed by atoms with Crippen LogP contribution in [0.4, 0.5) is 5.69 Å². The summed E-state index contributed by atoms with van der Waals surface area (Å²) in [4.78, 5) is 0. The van der Waals surface area contributed by atoms with Crippen molar-refractivity contribution in [1.29, 1.82) is 0 Å². The first-order valence-electron chi connectivity index (χ1n) is 3.95. The number of thiocarbonyl (C=S) groups is 1. The van der Waals surface area contributed by atoms with Crippen molar-refractivity contribution in [3.63, 3.8) is 0 Å². The van der Waals surface area contributed by atoms with Gasteiger partial charge in [-0.25, -0.2) is 0 Å². The number of ether oxygens (including phenoxy) is 1. The van der Waals surface area contributed by atoms with Gasteiger partial charge in [-0.05, 0) is 31.2 Å². The van der Waals surface area contributed by atoms with Crippen molar-refractivity contribution in [3.8, 4) is 5.75 Å². The van der Waals surface area contributed by atoms with Crippen LogP contribution in [0.3, 0.4) is 0 Å². The molecule has 1 rings (SSSR count). The molecule has 0 unspecified atom stereocenters. The summed E-state index contributed by atoms with van der Waals surface area (Å²) in [5.41, 5.74) is 0.920. The predicted octanol–water partition coefficient (Wildman–Crippen LogP) is 2.71. The van der Waals surface area contributed by atoms with Crippen molar-refractivity contribution in [2.45, 2.75) is 6.92 Å². The lowest BCUT2D eigenvalue weighted by Gasteiger charge is -2.05. The van der Waals surface area contributed by atoms with Crippen LogP contribution < -0.4 is 10.1 Å². The van der Waals surface area contributed by atoms with E-state index in [4.69, 9.17) is 17.0 Å². The van der Waals surface area contributed by atoms with Crippen LogP contribution in [-0.2, 0) is 0 Å². The molecular weight excluding hydrogens is 202 g/mol. The Morgan fingerprint density at radius 2 is 2.08 bits per heavy atom. The van der Waals surface area contributed by atoms with Gasteiger partial charge in [-0.3, -0.25) is 0 Å². The molecule has 0 amide bonds. The van der Waals surface area contributed by atoms with Crippen LogP contribution >= 0.6 is 24.8 Å². The molecule has 0 aliphatic carbocycles. The summed E-state index contributed by atoms with van der Waals surface area (Å²) in [5, 5.41) is 2.91. The minimum atomic E-state index is 0.462. The summed E-state index contributed by atoms with van der Waals surface area (Å²) in [5.74, 6) is 0.859. The molecule has 1 N–H and O–H groups in total. The molecule has 0 radical (unpaired) electrons. The molecule has 0 atom stereocenters. The summed E-state index contributed by atoms with van der Waals surface area (Å²) in [6.45, 7) is 2.63. The van der Waals surface area contributed by atoms with Gasteiger partial charge in [-0.15, -0.1) is 12.6 Å². The van der Waals surface area contributed by atoms with E-state index in [1.165, 1.54) is 0 Å². The predicted molar refractivity (Wildman–Crippen MR) is 62.8 cm³/mol. The monoisotopic (exact) mass is 213 g/mol. The van der Waals surface area contributed by atoms with Crippen LogP contribution in [0.25, 0.3) is 0 Å². The lowest BCUT2D eigenvalue weighted by atomic mass is 10.3. The average Bonchev–Trinajstić information content (AvgIpc) is 2.08. The maximum absolute atomic E-state index is 5.29. The number of thiol groups is 1. The molecule has 2 nitrogen and oxygen atoms in total. The van der Waals surface area contributed by atoms with E-state index < -0.39 is 0 Å². The van der Waals surface area contributed by atoms with E-state index in [2.05, 4.69) is 17.9 Å². The van der Waals surface area contributed by atoms with Crippen molar-refractivity contribution in [2.24, 2.45) is 0 Å². The Kier molecular flexibility index (Phi) is 4.05. The zero-order valence-electron chi connectivity index (χ0n) is 7.28. The first-order valence-corrected chi connectivity index (χ1v) is 4.80. The number of hydrogen-bond acceptors (Lipinski definition) is 2. The normalized spacial score (nSPS) is 9.38. The van der Waals surface area contributed by atoms with Gasteiger partial charge in [0.2, 0.25) is 0 Å². The third-order valence-corrected chi connectivity index (χ3v) is 1.63. The Morgan fingerprint density at radius 3 is 2.54 bits per heavy atom. The molecule has 0 heterocycles. The first-order chi connectivity index (χ1) is 6.22. The van der Waals surface area contributed by atoms with Crippen LogP contribution in [0.15, 0.2) is 24.3 Å². The highest BCUT2D eigenvalue weighted by Gasteiger charge is 1.94. The zero-order chi connectivity index (χ0) is 9.68. The van der Waals surface area contributed by atoms with Crippen LogP contribution in [0, 0.1) is 0 Å². The van der Waals surface area contributed by atoms with Crippen LogP contribution in [0.1, 0.15) is 6.92 Å². The van der Waals surface area contributed by atoms with Gasteiger partial charge in [0.25, 0.3) is 0 Å². The number of rotatable bonds is 3. The van der Waals surface area contributed by atoms with Gasteiger partial charge in [0.1, 0.15) is 10.1 Å². The molecule has 1 aromatic carbocycles. The van der Waals surface area contributed by atoms with Crippen LogP contribution in [-0.4, -0.2) is 10.9 Å². The molecule has 0 aliphatic rings. The summed E-state index contributed by atoms with van der Waals surface area (Å²) < 4.78 is 5.75. The molecule has 70 valence electrons. The fraction of sp³-hybridized carbons (Fsp3) is 0.222. The number of anilines is 1. The number of nitrogens with one attached hydrogen (secondary N) is 1. The van der Waals surface area contributed by atoms with E-state index in [1.54, 1.807) is 0 Å². The van der Waals surface area contributed by atoms with E-state index in [0.29, 0.717) is 10.9 Å². The smallest absolute Gasteiger partial charge is 0.135 e. The molecule has 13 heavy (non-hydrogen) atoms. The third-order valence-electron chi connectivity index (χ3n) is 1.42. The van der Waals surface area contributed by atoms with Crippen molar-refractivity contribution >= 4 is 34.9 Å². The van der Waals surface area contributed by atoms with Crippen molar-refractivity contribution in [2.75, 3.05) is 11.9 Å². The quantitative estimate of drug-likeness (QED) is 0.595. The Balaban J connectivity index is 2.64. The van der Waals surface area contributed by atoms with Crippen molar-refractivity contribution < 1.29 is 4.74 Å². The second-order valence-electron chi connectivity index (χ2n) is 2.39. The fourth-order valence-electron chi connectivity index (χ4n) is 0.925. The van der Waals surface area contributed by atoms with E-state index in [0.717, 1.165) is 11.4 Å². The second kappa shape index (κ2) is 5.09. The second-order valence-corrected chi connectivity index (χ2v) is 3.55. The molecular formula is C9H11NOS2. The molecule has 1 aromatic rings. The Morgan fingerprint density at radius 1 is 1.46 bits per heavy atom. The molecule has 0 spiro atoms. The van der Waals surface area contributed by atoms with E-state index in [1.807, 2.05) is 31.2 Å². The lowest BCUT2D eigenvalue weighted by Crippen LogP contribution is -2.00. The number of hydrogen-bond donors (Lipinski definition) is 2. The third kappa shape index (κ3) is 3.65. The van der Waals surface area contributed by atoms with Gasteiger partial charge in [0.15, 0.2) is 0 Å². The molecule has 0 saturated carbocycles. The van der Waals surface area contributed by atoms with Gasteiger partial charge in [-0.2, -0.15) is 0 Å². The minimum absolute atomic E-state index is 0.462.